The minimum atomic E-state index is 0.664. The molecular weight excluding hydrogens is 242 g/mol. The molecule has 0 aliphatic rings. The summed E-state index contributed by atoms with van der Waals surface area (Å²) in [7, 11) is 1.90. The predicted molar refractivity (Wildman–Crippen MR) is 88.4 cm³/mol. The van der Waals surface area contributed by atoms with Crippen molar-refractivity contribution in [1.29, 1.82) is 0 Å². The summed E-state index contributed by atoms with van der Waals surface area (Å²) < 4.78 is 0. The molecule has 104 valence electrons. The van der Waals surface area contributed by atoms with E-state index in [4.69, 9.17) is 0 Å². The van der Waals surface area contributed by atoms with E-state index in [1.807, 2.05) is 13.1 Å². The number of aliphatic imine (C=N–C) groups is 1. The minimum absolute atomic E-state index is 0.664. The predicted octanol–water partition coefficient (Wildman–Crippen LogP) is 5.01. The van der Waals surface area contributed by atoms with E-state index in [1.165, 1.54) is 22.4 Å². The van der Waals surface area contributed by atoms with Gasteiger partial charge < -0.3 is 0 Å². The van der Waals surface area contributed by atoms with Crippen molar-refractivity contribution in [3.8, 4) is 11.1 Å². The summed E-state index contributed by atoms with van der Waals surface area (Å²) in [6.45, 7) is 4.48. The highest BCUT2D eigenvalue weighted by Gasteiger charge is 2.04. The molecule has 0 saturated heterocycles. The lowest BCUT2D eigenvalue weighted by atomic mass is 9.98. The highest BCUT2D eigenvalue weighted by Crippen LogP contribution is 2.20. The second-order valence-corrected chi connectivity index (χ2v) is 5.63. The Bertz CT molecular complexity index is 550. The van der Waals surface area contributed by atoms with Crippen LogP contribution in [0.15, 0.2) is 59.6 Å². The molecule has 0 amide bonds. The third-order valence-electron chi connectivity index (χ3n) is 3.43. The van der Waals surface area contributed by atoms with Gasteiger partial charge in [0, 0.05) is 19.2 Å². The zero-order chi connectivity index (χ0) is 14.4. The Balaban J connectivity index is 2.09. The second kappa shape index (κ2) is 7.04. The largest absolute Gasteiger partial charge is 0.297 e. The third-order valence-corrected chi connectivity index (χ3v) is 3.43. The summed E-state index contributed by atoms with van der Waals surface area (Å²) in [5.74, 6) is 0.664. The Morgan fingerprint density at radius 3 is 2.05 bits per heavy atom. The normalized spacial score (nSPS) is 11.9. The average Bonchev–Trinajstić information content (AvgIpc) is 2.48. The van der Waals surface area contributed by atoms with E-state index in [1.54, 1.807) is 0 Å². The highest BCUT2D eigenvalue weighted by atomic mass is 14.7. The smallest absolute Gasteiger partial charge is 0.0276 e. The van der Waals surface area contributed by atoms with E-state index in [0.29, 0.717) is 5.92 Å². The maximum absolute atomic E-state index is 4.42. The fourth-order valence-corrected chi connectivity index (χ4v) is 2.40. The van der Waals surface area contributed by atoms with E-state index in [9.17, 15) is 0 Å². The molecule has 0 aliphatic carbocycles. The standard InChI is InChI=1S/C19H23N/c1-15(2)13-19(20-3)14-16-9-11-18(12-10-16)17-7-5-4-6-8-17/h4-12,15H,13-14H2,1-3H3. The molecule has 0 fully saturated rings. The Morgan fingerprint density at radius 1 is 0.900 bits per heavy atom. The molecule has 2 rings (SSSR count). The first-order valence-electron chi connectivity index (χ1n) is 7.28. The van der Waals surface area contributed by atoms with Crippen LogP contribution in [-0.2, 0) is 6.42 Å². The van der Waals surface area contributed by atoms with Gasteiger partial charge in [-0.2, -0.15) is 0 Å². The molecular formula is C19H23N. The Kier molecular flexibility index (Phi) is 5.11. The lowest BCUT2D eigenvalue weighted by Gasteiger charge is -2.09. The zero-order valence-electron chi connectivity index (χ0n) is 12.6. The molecule has 0 heterocycles. The molecule has 0 spiro atoms. The average molecular weight is 265 g/mol. The molecule has 0 bridgehead atoms. The molecule has 0 atom stereocenters. The van der Waals surface area contributed by atoms with E-state index in [0.717, 1.165) is 12.8 Å². The van der Waals surface area contributed by atoms with Gasteiger partial charge in [0.1, 0.15) is 0 Å². The number of nitrogens with zero attached hydrogens (tertiary/aromatic N) is 1. The molecule has 0 radical (unpaired) electrons. The molecule has 20 heavy (non-hydrogen) atoms. The molecule has 0 aromatic heterocycles. The van der Waals surface area contributed by atoms with Crippen LogP contribution in [0.2, 0.25) is 0 Å². The van der Waals surface area contributed by atoms with Gasteiger partial charge >= 0.3 is 0 Å². The number of hydrogen-bond donors (Lipinski definition) is 0. The van der Waals surface area contributed by atoms with Gasteiger partial charge in [-0.25, -0.2) is 0 Å². The summed E-state index contributed by atoms with van der Waals surface area (Å²) in [5.41, 5.74) is 5.16. The van der Waals surface area contributed by atoms with Gasteiger partial charge in [-0.15, -0.1) is 0 Å². The summed E-state index contributed by atoms with van der Waals surface area (Å²) in [6, 6.07) is 19.3. The van der Waals surface area contributed by atoms with E-state index >= 15 is 0 Å². The van der Waals surface area contributed by atoms with Crippen molar-refractivity contribution in [3.63, 3.8) is 0 Å². The van der Waals surface area contributed by atoms with E-state index < -0.39 is 0 Å². The van der Waals surface area contributed by atoms with Crippen molar-refractivity contribution in [1.82, 2.24) is 0 Å². The first kappa shape index (κ1) is 14.5. The first-order valence-corrected chi connectivity index (χ1v) is 7.28. The van der Waals surface area contributed by atoms with Gasteiger partial charge in [0.15, 0.2) is 0 Å². The first-order chi connectivity index (χ1) is 9.69. The summed E-state index contributed by atoms with van der Waals surface area (Å²) in [5, 5.41) is 0. The number of rotatable bonds is 5. The van der Waals surface area contributed by atoms with Crippen LogP contribution >= 0.6 is 0 Å². The molecule has 2 aromatic carbocycles. The highest BCUT2D eigenvalue weighted by molar-refractivity contribution is 5.86. The van der Waals surface area contributed by atoms with Crippen LogP contribution in [0, 0.1) is 5.92 Å². The summed E-state index contributed by atoms with van der Waals surface area (Å²) in [6.07, 6.45) is 2.04. The van der Waals surface area contributed by atoms with Crippen LogP contribution in [0.4, 0.5) is 0 Å². The monoisotopic (exact) mass is 265 g/mol. The van der Waals surface area contributed by atoms with Crippen molar-refractivity contribution >= 4 is 5.71 Å². The van der Waals surface area contributed by atoms with Crippen molar-refractivity contribution in [2.24, 2.45) is 10.9 Å². The van der Waals surface area contributed by atoms with Crippen LogP contribution in [0.25, 0.3) is 11.1 Å². The van der Waals surface area contributed by atoms with Crippen LogP contribution in [0.1, 0.15) is 25.8 Å². The fraction of sp³-hybridized carbons (Fsp3) is 0.316. The molecule has 0 N–H and O–H groups in total. The Hall–Kier alpha value is -1.89. The van der Waals surface area contributed by atoms with Crippen molar-refractivity contribution in [3.05, 3.63) is 60.2 Å². The quantitative estimate of drug-likeness (QED) is 0.674. The zero-order valence-corrected chi connectivity index (χ0v) is 12.6. The lowest BCUT2D eigenvalue weighted by Crippen LogP contribution is -2.07. The van der Waals surface area contributed by atoms with Crippen LogP contribution in [0.5, 0.6) is 0 Å². The van der Waals surface area contributed by atoms with E-state index in [-0.39, 0.29) is 0 Å². The number of hydrogen-bond acceptors (Lipinski definition) is 1. The van der Waals surface area contributed by atoms with Gasteiger partial charge in [-0.1, -0.05) is 68.4 Å². The fourth-order valence-electron chi connectivity index (χ4n) is 2.40. The number of benzene rings is 2. The van der Waals surface area contributed by atoms with Crippen molar-refractivity contribution in [2.75, 3.05) is 7.05 Å². The summed E-state index contributed by atoms with van der Waals surface area (Å²) >= 11 is 0. The summed E-state index contributed by atoms with van der Waals surface area (Å²) in [4.78, 5) is 4.42. The second-order valence-electron chi connectivity index (χ2n) is 5.63. The molecule has 1 heteroatoms. The SMILES string of the molecule is CN=C(Cc1ccc(-c2ccccc2)cc1)CC(C)C. The third kappa shape index (κ3) is 4.06. The van der Waals surface area contributed by atoms with Gasteiger partial charge in [-0.05, 0) is 29.0 Å². The van der Waals surface area contributed by atoms with Crippen LogP contribution < -0.4 is 0 Å². The minimum Gasteiger partial charge on any atom is -0.297 e. The Labute approximate surface area is 122 Å². The van der Waals surface area contributed by atoms with Gasteiger partial charge in [0.25, 0.3) is 0 Å². The van der Waals surface area contributed by atoms with Crippen molar-refractivity contribution in [2.45, 2.75) is 26.7 Å². The maximum atomic E-state index is 4.42. The molecule has 0 saturated carbocycles. The molecule has 0 unspecified atom stereocenters. The van der Waals surface area contributed by atoms with E-state index in [2.05, 4.69) is 67.4 Å². The maximum Gasteiger partial charge on any atom is 0.0276 e. The van der Waals surface area contributed by atoms with Gasteiger partial charge in [0.2, 0.25) is 0 Å². The van der Waals surface area contributed by atoms with Crippen LogP contribution in [0.3, 0.4) is 0 Å². The molecule has 2 aromatic rings. The van der Waals surface area contributed by atoms with Crippen LogP contribution in [-0.4, -0.2) is 12.8 Å². The van der Waals surface area contributed by atoms with Gasteiger partial charge in [-0.3, -0.25) is 4.99 Å². The lowest BCUT2D eigenvalue weighted by molar-refractivity contribution is 0.678. The molecule has 0 aliphatic heterocycles. The van der Waals surface area contributed by atoms with Gasteiger partial charge in [0.05, 0.1) is 0 Å². The topological polar surface area (TPSA) is 12.4 Å². The van der Waals surface area contributed by atoms with Crippen molar-refractivity contribution < 1.29 is 0 Å². The molecule has 1 nitrogen and oxygen atoms in total. The Morgan fingerprint density at radius 2 is 1.50 bits per heavy atom.